The van der Waals surface area contributed by atoms with Crippen LogP contribution in [-0.4, -0.2) is 13.2 Å². The largest absolute Gasteiger partial charge is 0.381 e. The first kappa shape index (κ1) is 9.96. The zero-order valence-electron chi connectivity index (χ0n) is 7.68. The Morgan fingerprint density at radius 2 is 1.90 bits per heavy atom. The molecule has 2 atom stereocenters. The molecule has 0 heterocycles. The molecule has 0 fully saturated rings. The Morgan fingerprint density at radius 3 is 2.30 bits per heavy atom. The fourth-order valence-electron chi connectivity index (χ4n) is 0.993. The van der Waals surface area contributed by atoms with Crippen LogP contribution in [0.3, 0.4) is 0 Å². The summed E-state index contributed by atoms with van der Waals surface area (Å²) in [4.78, 5) is 0. The van der Waals surface area contributed by atoms with Crippen LogP contribution in [0, 0.1) is 5.92 Å². The molecule has 0 aromatic heterocycles. The van der Waals surface area contributed by atoms with Gasteiger partial charge in [-0.2, -0.15) is 0 Å². The molecule has 0 saturated heterocycles. The van der Waals surface area contributed by atoms with Crippen LogP contribution in [0.2, 0.25) is 0 Å². The second kappa shape index (κ2) is 5.72. The molecule has 0 aromatic rings. The molecule has 0 bridgehead atoms. The predicted octanol–water partition coefficient (Wildman–Crippen LogP) is 2.85. The Balaban J connectivity index is 3.31. The van der Waals surface area contributed by atoms with Gasteiger partial charge in [-0.15, -0.1) is 0 Å². The maximum absolute atomic E-state index is 5.21. The van der Waals surface area contributed by atoms with Gasteiger partial charge in [0, 0.05) is 7.11 Å². The highest BCUT2D eigenvalue weighted by molar-refractivity contribution is 4.59. The molecule has 0 amide bonds. The van der Waals surface area contributed by atoms with E-state index in [2.05, 4.69) is 20.8 Å². The van der Waals surface area contributed by atoms with E-state index in [0.29, 0.717) is 12.0 Å². The monoisotopic (exact) mass is 144 g/mol. The van der Waals surface area contributed by atoms with Crippen LogP contribution in [0.1, 0.15) is 40.0 Å². The second-order valence-electron chi connectivity index (χ2n) is 3.06. The van der Waals surface area contributed by atoms with Gasteiger partial charge in [-0.05, 0) is 19.3 Å². The number of hydrogen-bond acceptors (Lipinski definition) is 1. The minimum atomic E-state index is 0.423. The highest BCUT2D eigenvalue weighted by Crippen LogP contribution is 2.13. The van der Waals surface area contributed by atoms with Crippen LogP contribution < -0.4 is 0 Å². The van der Waals surface area contributed by atoms with Crippen LogP contribution in [0.4, 0.5) is 0 Å². The number of methoxy groups -OCH3 is 1. The summed E-state index contributed by atoms with van der Waals surface area (Å²) in [5.41, 5.74) is 0. The van der Waals surface area contributed by atoms with Crippen molar-refractivity contribution < 1.29 is 4.74 Å². The molecular formula is C9H20O. The van der Waals surface area contributed by atoms with Crippen molar-refractivity contribution in [2.75, 3.05) is 7.11 Å². The van der Waals surface area contributed by atoms with Gasteiger partial charge in [0.1, 0.15) is 0 Å². The fourth-order valence-corrected chi connectivity index (χ4v) is 0.993. The summed E-state index contributed by atoms with van der Waals surface area (Å²) in [7, 11) is 1.78. The van der Waals surface area contributed by atoms with Gasteiger partial charge >= 0.3 is 0 Å². The van der Waals surface area contributed by atoms with Crippen LogP contribution in [0.25, 0.3) is 0 Å². The first-order chi connectivity index (χ1) is 4.72. The Bertz CT molecular complexity index is 71.1. The lowest BCUT2D eigenvalue weighted by atomic mass is 9.99. The van der Waals surface area contributed by atoms with E-state index < -0.39 is 0 Å². The van der Waals surface area contributed by atoms with Gasteiger partial charge in [0.2, 0.25) is 0 Å². The third-order valence-electron chi connectivity index (χ3n) is 2.19. The maximum atomic E-state index is 5.21. The first-order valence-electron chi connectivity index (χ1n) is 4.25. The molecule has 0 aliphatic heterocycles. The summed E-state index contributed by atoms with van der Waals surface area (Å²) < 4.78 is 5.21. The molecule has 0 spiro atoms. The van der Waals surface area contributed by atoms with E-state index in [4.69, 9.17) is 4.74 Å². The van der Waals surface area contributed by atoms with Gasteiger partial charge in [-0.1, -0.05) is 26.7 Å². The van der Waals surface area contributed by atoms with Gasteiger partial charge in [0.25, 0.3) is 0 Å². The second-order valence-corrected chi connectivity index (χ2v) is 3.06. The topological polar surface area (TPSA) is 9.23 Å². The molecule has 62 valence electrons. The Morgan fingerprint density at radius 1 is 1.30 bits per heavy atom. The van der Waals surface area contributed by atoms with Crippen molar-refractivity contribution in [2.45, 2.75) is 46.1 Å². The van der Waals surface area contributed by atoms with E-state index in [-0.39, 0.29) is 0 Å². The number of ether oxygens (including phenoxy) is 1. The molecule has 0 aliphatic rings. The van der Waals surface area contributed by atoms with Gasteiger partial charge in [-0.25, -0.2) is 0 Å². The van der Waals surface area contributed by atoms with Crippen molar-refractivity contribution in [1.82, 2.24) is 0 Å². The Kier molecular flexibility index (Phi) is 5.70. The standard InChI is InChI=1S/C9H20O/c1-5-6-7-8(2)9(3)10-4/h8-9H,5-7H2,1-4H3. The summed E-state index contributed by atoms with van der Waals surface area (Å²) in [6, 6.07) is 0. The third kappa shape index (κ3) is 3.89. The van der Waals surface area contributed by atoms with Gasteiger partial charge < -0.3 is 4.74 Å². The van der Waals surface area contributed by atoms with E-state index in [9.17, 15) is 0 Å². The van der Waals surface area contributed by atoms with Gasteiger partial charge in [-0.3, -0.25) is 0 Å². The van der Waals surface area contributed by atoms with Crippen molar-refractivity contribution in [3.8, 4) is 0 Å². The Hall–Kier alpha value is -0.0400. The lowest BCUT2D eigenvalue weighted by molar-refractivity contribution is 0.0695. The van der Waals surface area contributed by atoms with Gasteiger partial charge in [0.15, 0.2) is 0 Å². The van der Waals surface area contributed by atoms with Crippen molar-refractivity contribution >= 4 is 0 Å². The lowest BCUT2D eigenvalue weighted by Crippen LogP contribution is -2.15. The van der Waals surface area contributed by atoms with E-state index in [1.54, 1.807) is 7.11 Å². The van der Waals surface area contributed by atoms with Crippen molar-refractivity contribution in [3.05, 3.63) is 0 Å². The quantitative estimate of drug-likeness (QED) is 0.576. The molecule has 0 aliphatic carbocycles. The summed E-state index contributed by atoms with van der Waals surface area (Å²) in [5, 5.41) is 0. The fraction of sp³-hybridized carbons (Fsp3) is 1.00. The van der Waals surface area contributed by atoms with Crippen LogP contribution in [0.5, 0.6) is 0 Å². The van der Waals surface area contributed by atoms with Crippen molar-refractivity contribution in [2.24, 2.45) is 5.92 Å². The third-order valence-corrected chi connectivity index (χ3v) is 2.19. The first-order valence-corrected chi connectivity index (χ1v) is 4.25. The van der Waals surface area contributed by atoms with Crippen LogP contribution in [-0.2, 0) is 4.74 Å². The van der Waals surface area contributed by atoms with Crippen molar-refractivity contribution in [1.29, 1.82) is 0 Å². The van der Waals surface area contributed by atoms with Crippen LogP contribution in [0.15, 0.2) is 0 Å². The molecule has 10 heavy (non-hydrogen) atoms. The molecule has 0 N–H and O–H groups in total. The summed E-state index contributed by atoms with van der Waals surface area (Å²) in [6.07, 6.45) is 4.34. The maximum Gasteiger partial charge on any atom is 0.0568 e. The van der Waals surface area contributed by atoms with E-state index >= 15 is 0 Å². The lowest BCUT2D eigenvalue weighted by Gasteiger charge is -2.17. The minimum absolute atomic E-state index is 0.423. The normalized spacial score (nSPS) is 16.8. The molecule has 1 heteroatoms. The molecule has 2 unspecified atom stereocenters. The van der Waals surface area contributed by atoms with E-state index in [0.717, 1.165) is 0 Å². The SMILES string of the molecule is CCCCC(C)C(C)OC. The highest BCUT2D eigenvalue weighted by atomic mass is 16.5. The number of hydrogen-bond donors (Lipinski definition) is 0. The number of unbranched alkanes of at least 4 members (excludes halogenated alkanes) is 1. The zero-order valence-corrected chi connectivity index (χ0v) is 7.68. The molecule has 1 nitrogen and oxygen atoms in total. The van der Waals surface area contributed by atoms with Gasteiger partial charge in [0.05, 0.1) is 6.10 Å². The molecule has 0 aromatic carbocycles. The zero-order chi connectivity index (χ0) is 7.98. The minimum Gasteiger partial charge on any atom is -0.381 e. The van der Waals surface area contributed by atoms with Crippen molar-refractivity contribution in [3.63, 3.8) is 0 Å². The van der Waals surface area contributed by atoms with E-state index in [1.165, 1.54) is 19.3 Å². The van der Waals surface area contributed by atoms with E-state index in [1.807, 2.05) is 0 Å². The predicted molar refractivity (Wildman–Crippen MR) is 45.2 cm³/mol. The number of rotatable bonds is 5. The summed E-state index contributed by atoms with van der Waals surface area (Å²) in [6.45, 7) is 6.62. The molecular weight excluding hydrogens is 124 g/mol. The highest BCUT2D eigenvalue weighted by Gasteiger charge is 2.09. The molecule has 0 rings (SSSR count). The molecule has 0 saturated carbocycles. The Labute approximate surface area is 64.8 Å². The summed E-state index contributed by atoms with van der Waals surface area (Å²) >= 11 is 0. The average molecular weight is 144 g/mol. The molecule has 0 radical (unpaired) electrons. The summed E-state index contributed by atoms with van der Waals surface area (Å²) in [5.74, 6) is 0.713. The smallest absolute Gasteiger partial charge is 0.0568 e. The average Bonchev–Trinajstić information content (AvgIpc) is 1.98. The van der Waals surface area contributed by atoms with Crippen LogP contribution >= 0.6 is 0 Å².